The summed E-state index contributed by atoms with van der Waals surface area (Å²) >= 11 is 0. The third kappa shape index (κ3) is 10.7. The molecule has 0 aromatic carbocycles. The van der Waals surface area contributed by atoms with Gasteiger partial charge in [-0.3, -0.25) is 0 Å². The van der Waals surface area contributed by atoms with E-state index in [0.29, 0.717) is 0 Å². The fourth-order valence-electron chi connectivity index (χ4n) is 1.36. The van der Waals surface area contributed by atoms with Crippen LogP contribution in [0.4, 0.5) is 0 Å². The summed E-state index contributed by atoms with van der Waals surface area (Å²) in [5.41, 5.74) is 1.34. The molecular weight excluding hydrogens is 220 g/mol. The van der Waals surface area contributed by atoms with Crippen molar-refractivity contribution in [3.05, 3.63) is 12.2 Å². The zero-order valence-corrected chi connectivity index (χ0v) is 12.2. The molecule has 0 aliphatic carbocycles. The number of hydrogen-bond acceptors (Lipinski definition) is 2. The van der Waals surface area contributed by atoms with Crippen molar-refractivity contribution in [2.24, 2.45) is 0 Å². The minimum atomic E-state index is 0.958. The third-order valence-corrected chi connectivity index (χ3v) is 5.11. The van der Waals surface area contributed by atoms with Crippen molar-refractivity contribution in [1.82, 2.24) is 0 Å². The van der Waals surface area contributed by atoms with E-state index in [-0.39, 0.29) is 0 Å². The van der Waals surface area contributed by atoms with Crippen LogP contribution in [0.3, 0.4) is 0 Å². The Labute approximate surface area is 104 Å². The predicted molar refractivity (Wildman–Crippen MR) is 77.7 cm³/mol. The Morgan fingerprint density at radius 1 is 1.33 bits per heavy atom. The summed E-state index contributed by atoms with van der Waals surface area (Å²) < 4.78 is 0. The summed E-state index contributed by atoms with van der Waals surface area (Å²) in [5.74, 6) is 1.37. The lowest BCUT2D eigenvalue weighted by Gasteiger charge is -2.06. The smallest absolute Gasteiger partial charge is 0.0159 e. The standard InChI is InChI=1S/C10H18S2.C3H8/c1-9(2)5-3-4-6-10-7-8-11-12-10;1-3-2/h10H,1,3-8H2,2H3;3H2,1-2H3/t10-;/m1./s1. The highest BCUT2D eigenvalue weighted by molar-refractivity contribution is 8.77. The van der Waals surface area contributed by atoms with Crippen LogP contribution in [0.2, 0.25) is 0 Å². The summed E-state index contributed by atoms with van der Waals surface area (Å²) in [6, 6.07) is 0. The van der Waals surface area contributed by atoms with Crippen LogP contribution < -0.4 is 0 Å². The molecule has 0 aromatic heterocycles. The average molecular weight is 246 g/mol. The maximum atomic E-state index is 3.92. The summed E-state index contributed by atoms with van der Waals surface area (Å²) in [4.78, 5) is 0. The maximum absolute atomic E-state index is 3.92. The number of hydrogen-bond donors (Lipinski definition) is 0. The van der Waals surface area contributed by atoms with Gasteiger partial charge in [0.1, 0.15) is 0 Å². The first-order valence-corrected chi connectivity index (χ1v) is 8.51. The lowest BCUT2D eigenvalue weighted by Crippen LogP contribution is -1.96. The fourth-order valence-corrected chi connectivity index (χ4v) is 4.39. The normalized spacial score (nSPS) is 19.5. The van der Waals surface area contributed by atoms with E-state index < -0.39 is 0 Å². The molecule has 2 heteroatoms. The van der Waals surface area contributed by atoms with E-state index in [0.717, 1.165) is 5.25 Å². The van der Waals surface area contributed by atoms with Crippen LogP contribution in [0.1, 0.15) is 59.3 Å². The highest BCUT2D eigenvalue weighted by Gasteiger charge is 2.15. The molecule has 15 heavy (non-hydrogen) atoms. The molecule has 0 amide bonds. The number of rotatable bonds is 5. The van der Waals surface area contributed by atoms with Gasteiger partial charge in [-0.1, -0.05) is 53.9 Å². The van der Waals surface area contributed by atoms with Gasteiger partial charge in [-0.05, 0) is 32.6 Å². The van der Waals surface area contributed by atoms with Crippen LogP contribution in [0.25, 0.3) is 0 Å². The molecule has 0 unspecified atom stereocenters. The minimum absolute atomic E-state index is 0.958. The number of allylic oxidation sites excluding steroid dienone is 1. The van der Waals surface area contributed by atoms with Crippen LogP contribution >= 0.6 is 21.6 Å². The lowest BCUT2D eigenvalue weighted by atomic mass is 10.1. The minimum Gasteiger partial charge on any atom is -0.100 e. The van der Waals surface area contributed by atoms with Crippen LogP contribution in [0, 0.1) is 0 Å². The molecule has 0 radical (unpaired) electrons. The molecule has 1 fully saturated rings. The molecule has 0 saturated carbocycles. The maximum Gasteiger partial charge on any atom is 0.0159 e. The van der Waals surface area contributed by atoms with E-state index in [1.165, 1.54) is 49.9 Å². The highest BCUT2D eigenvalue weighted by Crippen LogP contribution is 2.39. The van der Waals surface area contributed by atoms with Gasteiger partial charge in [-0.15, -0.1) is 6.58 Å². The molecule has 1 heterocycles. The second-order valence-corrected chi connectivity index (χ2v) is 7.03. The quantitative estimate of drug-likeness (QED) is 0.347. The van der Waals surface area contributed by atoms with E-state index >= 15 is 0 Å². The molecule has 1 aliphatic rings. The van der Waals surface area contributed by atoms with Gasteiger partial charge in [-0.2, -0.15) is 0 Å². The molecule has 1 atom stereocenters. The molecule has 0 nitrogen and oxygen atoms in total. The van der Waals surface area contributed by atoms with E-state index in [9.17, 15) is 0 Å². The predicted octanol–water partition coefficient (Wildman–Crippen LogP) is 5.69. The highest BCUT2D eigenvalue weighted by atomic mass is 33.1. The van der Waals surface area contributed by atoms with E-state index in [1.54, 1.807) is 0 Å². The summed E-state index contributed by atoms with van der Waals surface area (Å²) in [6.45, 7) is 10.3. The molecular formula is C13H26S2. The largest absolute Gasteiger partial charge is 0.100 e. The number of unbranched alkanes of at least 4 members (excludes halogenated alkanes) is 1. The first kappa shape index (κ1) is 15.4. The first-order valence-electron chi connectivity index (χ1n) is 6.13. The molecule has 0 spiro atoms. The van der Waals surface area contributed by atoms with E-state index in [4.69, 9.17) is 0 Å². The fraction of sp³-hybridized carbons (Fsp3) is 0.846. The van der Waals surface area contributed by atoms with Crippen LogP contribution in [0.5, 0.6) is 0 Å². The van der Waals surface area contributed by atoms with Crippen molar-refractivity contribution in [3.8, 4) is 0 Å². The van der Waals surface area contributed by atoms with Crippen molar-refractivity contribution in [1.29, 1.82) is 0 Å². The van der Waals surface area contributed by atoms with Crippen molar-refractivity contribution < 1.29 is 0 Å². The summed E-state index contributed by atoms with van der Waals surface area (Å²) in [5, 5.41) is 0.958. The third-order valence-electron chi connectivity index (χ3n) is 2.11. The second kappa shape index (κ2) is 10.9. The molecule has 0 aromatic rings. The van der Waals surface area contributed by atoms with Gasteiger partial charge in [0.15, 0.2) is 0 Å². The monoisotopic (exact) mass is 246 g/mol. The SMILES string of the molecule is C=C(C)CCCC[C@@H]1CCSS1.CCC. The van der Waals surface area contributed by atoms with Crippen LogP contribution in [-0.4, -0.2) is 11.0 Å². The molecule has 0 bridgehead atoms. The van der Waals surface area contributed by atoms with Gasteiger partial charge in [0.05, 0.1) is 0 Å². The van der Waals surface area contributed by atoms with Gasteiger partial charge < -0.3 is 0 Å². The Bertz CT molecular complexity index is 149. The Balaban J connectivity index is 0.000000583. The first-order chi connectivity index (χ1) is 7.20. The lowest BCUT2D eigenvalue weighted by molar-refractivity contribution is 0.649. The van der Waals surface area contributed by atoms with Crippen LogP contribution in [-0.2, 0) is 0 Å². The molecule has 1 aliphatic heterocycles. The van der Waals surface area contributed by atoms with Gasteiger partial charge in [0, 0.05) is 11.0 Å². The zero-order chi connectivity index (χ0) is 11.5. The Morgan fingerprint density at radius 3 is 2.47 bits per heavy atom. The van der Waals surface area contributed by atoms with Crippen molar-refractivity contribution >= 4 is 21.6 Å². The van der Waals surface area contributed by atoms with Gasteiger partial charge in [0.25, 0.3) is 0 Å². The summed E-state index contributed by atoms with van der Waals surface area (Å²) in [7, 11) is 4.14. The topological polar surface area (TPSA) is 0 Å². The molecule has 1 saturated heterocycles. The van der Waals surface area contributed by atoms with Gasteiger partial charge >= 0.3 is 0 Å². The van der Waals surface area contributed by atoms with Crippen molar-refractivity contribution in [2.75, 3.05) is 5.75 Å². The van der Waals surface area contributed by atoms with Crippen LogP contribution in [0.15, 0.2) is 12.2 Å². The van der Waals surface area contributed by atoms with Gasteiger partial charge in [0.2, 0.25) is 0 Å². The van der Waals surface area contributed by atoms with Crippen molar-refractivity contribution in [2.45, 2.75) is 64.5 Å². The Kier molecular flexibility index (Phi) is 11.3. The van der Waals surface area contributed by atoms with Gasteiger partial charge in [-0.25, -0.2) is 0 Å². The molecule has 90 valence electrons. The van der Waals surface area contributed by atoms with Crippen molar-refractivity contribution in [3.63, 3.8) is 0 Å². The molecule has 0 N–H and O–H groups in total. The molecule has 1 rings (SSSR count). The zero-order valence-electron chi connectivity index (χ0n) is 10.6. The Morgan fingerprint density at radius 2 is 2.00 bits per heavy atom. The van der Waals surface area contributed by atoms with E-state index in [1.807, 2.05) is 10.8 Å². The Hall–Kier alpha value is 0.440. The van der Waals surface area contributed by atoms with E-state index in [2.05, 4.69) is 38.1 Å². The summed E-state index contributed by atoms with van der Waals surface area (Å²) in [6.07, 6.45) is 8.07. The second-order valence-electron chi connectivity index (χ2n) is 4.24. The average Bonchev–Trinajstić information content (AvgIpc) is 2.66.